The number of sulfone groups is 1. The molecular weight excluding hydrogens is 454 g/mol. The van der Waals surface area contributed by atoms with Crippen molar-refractivity contribution >= 4 is 37.9 Å². The number of nitrogens with zero attached hydrogens (tertiary/aromatic N) is 3. The summed E-state index contributed by atoms with van der Waals surface area (Å²) in [5, 5.41) is 6.36. The molecule has 0 aliphatic carbocycles. The van der Waals surface area contributed by atoms with Gasteiger partial charge in [-0.2, -0.15) is 5.10 Å². The van der Waals surface area contributed by atoms with Crippen molar-refractivity contribution in [3.63, 3.8) is 0 Å². The van der Waals surface area contributed by atoms with Gasteiger partial charge in [-0.25, -0.2) is 22.9 Å². The molecule has 0 N–H and O–H groups in total. The lowest BCUT2D eigenvalue weighted by molar-refractivity contribution is 0.0602. The van der Waals surface area contributed by atoms with Crippen LogP contribution in [0.1, 0.15) is 15.2 Å². The van der Waals surface area contributed by atoms with Crippen LogP contribution in [0.4, 0.5) is 0 Å². The molecule has 0 aliphatic rings. The Balaban J connectivity index is 1.71. The molecule has 0 atom stereocenters. The van der Waals surface area contributed by atoms with Gasteiger partial charge in [-0.3, -0.25) is 4.79 Å². The van der Waals surface area contributed by atoms with E-state index in [2.05, 4.69) is 14.8 Å². The predicted molar refractivity (Wildman–Crippen MR) is 117 cm³/mol. The summed E-state index contributed by atoms with van der Waals surface area (Å²) in [6.07, 6.45) is 3.02. The van der Waals surface area contributed by atoms with Crippen molar-refractivity contribution < 1.29 is 22.7 Å². The van der Waals surface area contributed by atoms with Crippen LogP contribution in [0.5, 0.6) is 5.88 Å². The summed E-state index contributed by atoms with van der Waals surface area (Å²) in [7, 11) is -1.30. The number of benzene rings is 1. The number of hydrogen-bond acceptors (Lipinski definition) is 9. The number of ether oxygens (including phenoxy) is 2. The molecule has 3 aromatic heterocycles. The average Bonchev–Trinajstić information content (AvgIpc) is 3.31. The largest absolute Gasteiger partial charge is 0.481 e. The average molecular weight is 472 g/mol. The van der Waals surface area contributed by atoms with Crippen LogP contribution in [-0.2, 0) is 21.1 Å². The molecule has 9 nitrogen and oxygen atoms in total. The van der Waals surface area contributed by atoms with Crippen LogP contribution < -0.4 is 10.3 Å². The molecule has 4 aromatic rings. The van der Waals surface area contributed by atoms with Crippen LogP contribution in [0.2, 0.25) is 0 Å². The summed E-state index contributed by atoms with van der Waals surface area (Å²) in [6, 6.07) is 8.98. The molecule has 4 rings (SSSR count). The smallest absolute Gasteiger partial charge is 0.349 e. The Morgan fingerprint density at radius 2 is 1.94 bits per heavy atom. The van der Waals surface area contributed by atoms with Crippen LogP contribution in [0, 0.1) is 0 Å². The van der Waals surface area contributed by atoms with Crippen molar-refractivity contribution in [3.05, 3.63) is 75.0 Å². The van der Waals surface area contributed by atoms with E-state index in [1.165, 1.54) is 54.7 Å². The highest BCUT2D eigenvalue weighted by Gasteiger charge is 2.27. The lowest BCUT2D eigenvalue weighted by Gasteiger charge is -2.09. The van der Waals surface area contributed by atoms with Crippen molar-refractivity contribution in [2.24, 2.45) is 0 Å². The van der Waals surface area contributed by atoms with Crippen LogP contribution in [0.25, 0.3) is 10.8 Å². The second-order valence-electron chi connectivity index (χ2n) is 6.67. The third kappa shape index (κ3) is 3.87. The quantitative estimate of drug-likeness (QED) is 0.394. The molecule has 0 aliphatic heterocycles. The second kappa shape index (κ2) is 8.52. The van der Waals surface area contributed by atoms with Gasteiger partial charge in [0.2, 0.25) is 15.7 Å². The van der Waals surface area contributed by atoms with Gasteiger partial charge in [-0.15, -0.1) is 11.3 Å². The SMILES string of the molecule is COC(=O)c1sccc1S(=O)(=O)c1ccc2c(=O)n(Cc3ccc(OC)nc3)ncc2c1. The highest BCUT2D eigenvalue weighted by atomic mass is 32.2. The van der Waals surface area contributed by atoms with E-state index < -0.39 is 15.8 Å². The van der Waals surface area contributed by atoms with Gasteiger partial charge in [0.15, 0.2) is 0 Å². The monoisotopic (exact) mass is 471 g/mol. The Morgan fingerprint density at radius 3 is 2.62 bits per heavy atom. The van der Waals surface area contributed by atoms with Gasteiger partial charge in [0.25, 0.3) is 5.56 Å². The molecule has 0 unspecified atom stereocenters. The molecule has 0 saturated heterocycles. The number of hydrogen-bond donors (Lipinski definition) is 0. The zero-order valence-electron chi connectivity index (χ0n) is 17.0. The summed E-state index contributed by atoms with van der Waals surface area (Å²) in [6.45, 7) is 0.198. The number of carbonyl (C=O) groups is 1. The first kappa shape index (κ1) is 21.7. The molecule has 11 heteroatoms. The molecule has 1 aromatic carbocycles. The number of rotatable bonds is 6. The maximum absolute atomic E-state index is 13.1. The van der Waals surface area contributed by atoms with Gasteiger partial charge in [0, 0.05) is 17.6 Å². The lowest BCUT2D eigenvalue weighted by Crippen LogP contribution is -2.23. The third-order valence-electron chi connectivity index (χ3n) is 4.76. The van der Waals surface area contributed by atoms with E-state index >= 15 is 0 Å². The van der Waals surface area contributed by atoms with Gasteiger partial charge in [-0.1, -0.05) is 6.07 Å². The van der Waals surface area contributed by atoms with Crippen molar-refractivity contribution in [1.82, 2.24) is 14.8 Å². The van der Waals surface area contributed by atoms with Gasteiger partial charge in [0.05, 0.1) is 42.1 Å². The first-order valence-corrected chi connectivity index (χ1v) is 11.6. The fourth-order valence-corrected chi connectivity index (χ4v) is 5.74. The minimum absolute atomic E-state index is 0.00533. The summed E-state index contributed by atoms with van der Waals surface area (Å²) in [5.74, 6) is -0.265. The second-order valence-corrected chi connectivity index (χ2v) is 9.51. The molecule has 0 bridgehead atoms. The van der Waals surface area contributed by atoms with E-state index in [1.54, 1.807) is 18.3 Å². The molecule has 0 amide bonds. The summed E-state index contributed by atoms with van der Waals surface area (Å²) < 4.78 is 37.2. The molecular formula is C21H17N3O6S2. The fraction of sp³-hybridized carbons (Fsp3) is 0.143. The van der Waals surface area contributed by atoms with Crippen molar-refractivity contribution in [2.45, 2.75) is 16.3 Å². The van der Waals surface area contributed by atoms with Crippen molar-refractivity contribution in [1.29, 1.82) is 0 Å². The first-order valence-electron chi connectivity index (χ1n) is 9.25. The first-order chi connectivity index (χ1) is 15.3. The number of pyridine rings is 1. The summed E-state index contributed by atoms with van der Waals surface area (Å²) >= 11 is 0.983. The number of fused-ring (bicyclic) bond motifs is 1. The van der Waals surface area contributed by atoms with E-state index in [9.17, 15) is 18.0 Å². The zero-order chi connectivity index (χ0) is 22.9. The minimum atomic E-state index is -4.00. The summed E-state index contributed by atoms with van der Waals surface area (Å²) in [4.78, 5) is 28.7. The summed E-state index contributed by atoms with van der Waals surface area (Å²) in [5.41, 5.74) is 0.389. The maximum atomic E-state index is 13.1. The molecule has 32 heavy (non-hydrogen) atoms. The molecule has 0 radical (unpaired) electrons. The molecule has 0 spiro atoms. The van der Waals surface area contributed by atoms with Gasteiger partial charge in [-0.05, 0) is 35.2 Å². The third-order valence-corrected chi connectivity index (χ3v) is 7.58. The van der Waals surface area contributed by atoms with Gasteiger partial charge < -0.3 is 9.47 Å². The zero-order valence-corrected chi connectivity index (χ0v) is 18.6. The number of aromatic nitrogens is 3. The highest BCUT2D eigenvalue weighted by molar-refractivity contribution is 7.91. The Bertz CT molecular complexity index is 1470. The Hall–Kier alpha value is -3.57. The predicted octanol–water partition coefficient (Wildman–Crippen LogP) is 2.53. The minimum Gasteiger partial charge on any atom is -0.481 e. The van der Waals surface area contributed by atoms with E-state index in [4.69, 9.17) is 4.74 Å². The highest BCUT2D eigenvalue weighted by Crippen LogP contribution is 2.29. The van der Waals surface area contributed by atoms with Crippen LogP contribution >= 0.6 is 11.3 Å². The van der Waals surface area contributed by atoms with Crippen molar-refractivity contribution in [3.8, 4) is 5.88 Å². The Kier molecular flexibility index (Phi) is 5.76. The van der Waals surface area contributed by atoms with Gasteiger partial charge >= 0.3 is 5.97 Å². The molecule has 164 valence electrons. The van der Waals surface area contributed by atoms with Crippen LogP contribution in [0.3, 0.4) is 0 Å². The van der Waals surface area contributed by atoms with E-state index in [0.29, 0.717) is 16.7 Å². The van der Waals surface area contributed by atoms with Crippen LogP contribution in [-0.4, -0.2) is 43.4 Å². The number of esters is 1. The fourth-order valence-electron chi connectivity index (χ4n) is 3.12. The Morgan fingerprint density at radius 1 is 1.12 bits per heavy atom. The normalized spacial score (nSPS) is 11.4. The Labute approximate surface area is 186 Å². The molecule has 0 fully saturated rings. The number of methoxy groups -OCH3 is 2. The van der Waals surface area contributed by atoms with Gasteiger partial charge in [0.1, 0.15) is 4.88 Å². The van der Waals surface area contributed by atoms with E-state index in [-0.39, 0.29) is 26.8 Å². The van der Waals surface area contributed by atoms with Crippen LogP contribution in [0.15, 0.2) is 68.8 Å². The van der Waals surface area contributed by atoms with E-state index in [0.717, 1.165) is 16.9 Å². The number of thiophene rings is 1. The maximum Gasteiger partial charge on any atom is 0.349 e. The molecule has 3 heterocycles. The number of carbonyl (C=O) groups excluding carboxylic acids is 1. The standard InChI is InChI=1S/C21H17N3O6S2/c1-29-18-6-3-13(10-22-18)12-24-20(25)16-5-4-15(9-14(16)11-23-24)32(27,28)17-7-8-31-19(17)21(26)30-2/h3-11H,12H2,1-2H3. The van der Waals surface area contributed by atoms with E-state index in [1.807, 2.05) is 0 Å². The lowest BCUT2D eigenvalue weighted by atomic mass is 10.2. The topological polar surface area (TPSA) is 117 Å². The molecule has 0 saturated carbocycles. The van der Waals surface area contributed by atoms with Crippen molar-refractivity contribution in [2.75, 3.05) is 14.2 Å².